The minimum atomic E-state index is -0.545. The van der Waals surface area contributed by atoms with E-state index >= 15 is 0 Å². The molecule has 1 saturated heterocycles. The standard InChI is InChI=1S/C27H28ClN5O4/c1-14-5-6-19-23(31-25(34)30-19)22(14)16-10-20-17(9-18(16)28)24-21(11-29-20)36-13-15-12-32(7-8-33(15)24)26(35)37-27(2,3)4/h5-6,9-11,15H,7-8,12-13H2,1-4H3,(H2,30,31,34)/t15-/m1/s1. The Morgan fingerprint density at radius 3 is 2.81 bits per heavy atom. The molecular weight excluding hydrogens is 494 g/mol. The van der Waals surface area contributed by atoms with Crippen LogP contribution in [-0.2, 0) is 4.74 Å². The topological polar surface area (TPSA) is 104 Å². The Morgan fingerprint density at radius 1 is 1.22 bits per heavy atom. The quantitative estimate of drug-likeness (QED) is 0.371. The van der Waals surface area contributed by atoms with E-state index in [4.69, 9.17) is 21.1 Å². The molecule has 4 aromatic rings. The lowest BCUT2D eigenvalue weighted by atomic mass is 9.96. The fourth-order valence-electron chi connectivity index (χ4n) is 5.30. The highest BCUT2D eigenvalue weighted by atomic mass is 35.5. The minimum Gasteiger partial charge on any atom is -0.488 e. The van der Waals surface area contributed by atoms with E-state index < -0.39 is 5.60 Å². The van der Waals surface area contributed by atoms with Gasteiger partial charge in [0.25, 0.3) is 0 Å². The number of nitrogens with one attached hydrogen (secondary N) is 2. The van der Waals surface area contributed by atoms with E-state index in [-0.39, 0.29) is 17.8 Å². The molecule has 0 aliphatic carbocycles. The molecule has 0 radical (unpaired) electrons. The number of amides is 1. The molecule has 0 unspecified atom stereocenters. The number of piperazine rings is 1. The molecule has 4 heterocycles. The number of hydrogen-bond donors (Lipinski definition) is 2. The molecule has 2 aliphatic rings. The number of aromatic amines is 2. The highest BCUT2D eigenvalue weighted by Gasteiger charge is 2.37. The Kier molecular flexibility index (Phi) is 5.38. The van der Waals surface area contributed by atoms with Crippen LogP contribution < -0.4 is 15.3 Å². The number of ether oxygens (including phenoxy) is 2. The number of H-pyrrole nitrogens is 2. The van der Waals surface area contributed by atoms with Gasteiger partial charge in [0.05, 0.1) is 34.5 Å². The van der Waals surface area contributed by atoms with Crippen molar-refractivity contribution in [1.29, 1.82) is 0 Å². The Balaban J connectivity index is 1.40. The monoisotopic (exact) mass is 521 g/mol. The van der Waals surface area contributed by atoms with Crippen molar-refractivity contribution < 1.29 is 14.3 Å². The maximum atomic E-state index is 12.7. The van der Waals surface area contributed by atoms with Crippen LogP contribution in [0.2, 0.25) is 5.02 Å². The molecule has 1 amide bonds. The van der Waals surface area contributed by atoms with Gasteiger partial charge in [0.2, 0.25) is 0 Å². The number of nitrogens with zero attached hydrogens (tertiary/aromatic N) is 3. The molecular formula is C27H28ClN5O4. The van der Waals surface area contributed by atoms with Gasteiger partial charge in [0.15, 0.2) is 5.75 Å². The summed E-state index contributed by atoms with van der Waals surface area (Å²) >= 11 is 6.90. The average Bonchev–Trinajstić information content (AvgIpc) is 3.22. The van der Waals surface area contributed by atoms with E-state index in [2.05, 4.69) is 19.9 Å². The second-order valence-electron chi connectivity index (χ2n) is 10.7. The van der Waals surface area contributed by atoms with Gasteiger partial charge in [0.1, 0.15) is 12.2 Å². The number of imidazole rings is 1. The van der Waals surface area contributed by atoms with Crippen LogP contribution in [-0.4, -0.2) is 63.8 Å². The summed E-state index contributed by atoms with van der Waals surface area (Å²) in [5.41, 5.74) is 4.98. The number of anilines is 1. The number of carbonyl (C=O) groups is 1. The number of aryl methyl sites for hydroxylation is 1. The molecule has 0 saturated carbocycles. The number of pyridine rings is 1. The Bertz CT molecular complexity index is 1620. The van der Waals surface area contributed by atoms with Crippen molar-refractivity contribution in [2.24, 2.45) is 0 Å². The SMILES string of the molecule is Cc1ccc2[nH]c(=O)[nH]c2c1-c1cc2ncc3c(c2cc1Cl)N1CCN(C(=O)OC(C)(C)C)C[C@@H]1CO3. The Hall–Kier alpha value is -3.72. The zero-order chi connectivity index (χ0) is 26.1. The molecule has 2 aromatic heterocycles. The maximum absolute atomic E-state index is 12.7. The minimum absolute atomic E-state index is 0.0151. The molecule has 6 rings (SSSR count). The molecule has 10 heteroatoms. The molecule has 37 heavy (non-hydrogen) atoms. The second-order valence-corrected chi connectivity index (χ2v) is 11.1. The summed E-state index contributed by atoms with van der Waals surface area (Å²) in [4.78, 5) is 39.1. The van der Waals surface area contributed by atoms with E-state index in [1.165, 1.54) is 0 Å². The van der Waals surface area contributed by atoms with Gasteiger partial charge in [-0.3, -0.25) is 4.98 Å². The summed E-state index contributed by atoms with van der Waals surface area (Å²) < 4.78 is 11.7. The third kappa shape index (κ3) is 4.07. The number of rotatable bonds is 1. The summed E-state index contributed by atoms with van der Waals surface area (Å²) in [6.45, 7) is 9.74. The third-order valence-electron chi connectivity index (χ3n) is 6.92. The summed E-state index contributed by atoms with van der Waals surface area (Å²) in [7, 11) is 0. The number of fused-ring (bicyclic) bond motifs is 6. The van der Waals surface area contributed by atoms with E-state index in [1.807, 2.05) is 52.0 Å². The third-order valence-corrected chi connectivity index (χ3v) is 7.23. The summed E-state index contributed by atoms with van der Waals surface area (Å²) in [6, 6.07) is 7.71. The van der Waals surface area contributed by atoms with Crippen molar-refractivity contribution in [1.82, 2.24) is 19.9 Å². The van der Waals surface area contributed by atoms with Crippen LogP contribution in [0.25, 0.3) is 33.1 Å². The molecule has 0 bridgehead atoms. The molecule has 2 aromatic carbocycles. The number of halogens is 1. The summed E-state index contributed by atoms with van der Waals surface area (Å²) in [5, 5.41) is 1.43. The van der Waals surface area contributed by atoms with Crippen molar-refractivity contribution in [3.63, 3.8) is 0 Å². The van der Waals surface area contributed by atoms with E-state index in [1.54, 1.807) is 11.1 Å². The Labute approximate surface area is 218 Å². The van der Waals surface area contributed by atoms with E-state index in [0.29, 0.717) is 42.5 Å². The second kappa shape index (κ2) is 8.41. The molecule has 2 N–H and O–H groups in total. The lowest BCUT2D eigenvalue weighted by Gasteiger charge is -2.45. The summed E-state index contributed by atoms with van der Waals surface area (Å²) in [6.07, 6.45) is 1.44. The van der Waals surface area contributed by atoms with E-state index in [0.717, 1.165) is 38.8 Å². The van der Waals surface area contributed by atoms with Gasteiger partial charge in [0, 0.05) is 41.2 Å². The van der Waals surface area contributed by atoms with Crippen LogP contribution >= 0.6 is 11.6 Å². The number of carbonyl (C=O) groups excluding carboxylic acids is 1. The highest BCUT2D eigenvalue weighted by Crippen LogP contribution is 2.44. The largest absolute Gasteiger partial charge is 0.488 e. The van der Waals surface area contributed by atoms with E-state index in [9.17, 15) is 9.59 Å². The molecule has 0 spiro atoms. The van der Waals surface area contributed by atoms with Crippen LogP contribution in [0, 0.1) is 6.92 Å². The average molecular weight is 522 g/mol. The van der Waals surface area contributed by atoms with Crippen LogP contribution in [0.1, 0.15) is 26.3 Å². The molecule has 2 aliphatic heterocycles. The highest BCUT2D eigenvalue weighted by molar-refractivity contribution is 6.35. The van der Waals surface area contributed by atoms with Crippen LogP contribution in [0.4, 0.5) is 10.5 Å². The fraction of sp³-hybridized carbons (Fsp3) is 0.370. The first-order valence-corrected chi connectivity index (χ1v) is 12.7. The predicted molar refractivity (Wildman–Crippen MR) is 144 cm³/mol. The van der Waals surface area contributed by atoms with Crippen molar-refractivity contribution in [2.75, 3.05) is 31.1 Å². The van der Waals surface area contributed by atoms with Gasteiger partial charge in [-0.25, -0.2) is 9.59 Å². The maximum Gasteiger partial charge on any atom is 0.410 e. The first-order valence-electron chi connectivity index (χ1n) is 12.3. The normalized spacial score (nSPS) is 17.5. The number of aromatic nitrogens is 3. The van der Waals surface area contributed by atoms with Gasteiger partial charge < -0.3 is 29.2 Å². The first-order chi connectivity index (χ1) is 17.6. The summed E-state index contributed by atoms with van der Waals surface area (Å²) in [5.74, 6) is 0.700. The molecule has 1 atom stereocenters. The molecule has 192 valence electrons. The van der Waals surface area contributed by atoms with Crippen LogP contribution in [0.3, 0.4) is 0 Å². The lowest BCUT2D eigenvalue weighted by molar-refractivity contribution is 0.0195. The zero-order valence-electron chi connectivity index (χ0n) is 21.1. The van der Waals surface area contributed by atoms with Gasteiger partial charge in [-0.1, -0.05) is 17.7 Å². The fourth-order valence-corrected chi connectivity index (χ4v) is 5.56. The molecule has 9 nitrogen and oxygen atoms in total. The molecule has 1 fully saturated rings. The van der Waals surface area contributed by atoms with Gasteiger partial charge in [-0.15, -0.1) is 0 Å². The van der Waals surface area contributed by atoms with Gasteiger partial charge >= 0.3 is 11.8 Å². The van der Waals surface area contributed by atoms with Gasteiger partial charge in [-0.05, 0) is 51.5 Å². The predicted octanol–water partition coefficient (Wildman–Crippen LogP) is 4.85. The Morgan fingerprint density at radius 2 is 2.03 bits per heavy atom. The number of hydrogen-bond acceptors (Lipinski definition) is 6. The van der Waals surface area contributed by atoms with Crippen LogP contribution in [0.5, 0.6) is 5.75 Å². The van der Waals surface area contributed by atoms with Crippen molar-refractivity contribution in [2.45, 2.75) is 39.3 Å². The van der Waals surface area contributed by atoms with Gasteiger partial charge in [-0.2, -0.15) is 0 Å². The van der Waals surface area contributed by atoms with Crippen molar-refractivity contribution in [3.8, 4) is 16.9 Å². The van der Waals surface area contributed by atoms with Crippen molar-refractivity contribution >= 4 is 45.3 Å². The van der Waals surface area contributed by atoms with Crippen LogP contribution in [0.15, 0.2) is 35.3 Å². The number of benzene rings is 2. The smallest absolute Gasteiger partial charge is 0.410 e. The zero-order valence-corrected chi connectivity index (χ0v) is 21.9. The van der Waals surface area contributed by atoms with Crippen molar-refractivity contribution in [3.05, 3.63) is 51.5 Å². The lowest BCUT2D eigenvalue weighted by Crippen LogP contribution is -2.59. The first kappa shape index (κ1) is 23.7.